The molecule has 0 bridgehead atoms. The summed E-state index contributed by atoms with van der Waals surface area (Å²) in [5.41, 5.74) is -0.947. The van der Waals surface area contributed by atoms with E-state index in [4.69, 9.17) is 4.43 Å². The van der Waals surface area contributed by atoms with Crippen LogP contribution in [0, 0.1) is 5.92 Å². The van der Waals surface area contributed by atoms with E-state index in [1.54, 1.807) is 13.8 Å². The predicted molar refractivity (Wildman–Crippen MR) is 108 cm³/mol. The number of hydrogen-bond donors (Lipinski definition) is 0. The van der Waals surface area contributed by atoms with Crippen LogP contribution in [0.5, 0.6) is 0 Å². The average molecular weight is 437 g/mol. The molecule has 28 heavy (non-hydrogen) atoms. The minimum absolute atomic E-state index is 0.0156. The van der Waals surface area contributed by atoms with Gasteiger partial charge in [-0.2, -0.15) is 13.2 Å². The second-order valence-electron chi connectivity index (χ2n) is 9.80. The zero-order chi connectivity index (χ0) is 21.8. The first-order chi connectivity index (χ1) is 12.4. The SMILES string of the molecule is CC(C)(C)[Si](C)(C)OC1CC(C(C)(C)S(=O)(=O)c2cccc(C(F)(F)F)c2)C1. The summed E-state index contributed by atoms with van der Waals surface area (Å²) in [6.07, 6.45) is -3.34. The Hall–Kier alpha value is -0.863. The van der Waals surface area contributed by atoms with Gasteiger partial charge in [0.2, 0.25) is 0 Å². The summed E-state index contributed by atoms with van der Waals surface area (Å²) >= 11 is 0. The number of alkyl halides is 3. The van der Waals surface area contributed by atoms with Crippen molar-refractivity contribution in [2.45, 2.75) is 87.5 Å². The Morgan fingerprint density at radius 1 is 1.04 bits per heavy atom. The van der Waals surface area contributed by atoms with Gasteiger partial charge in [-0.15, -0.1) is 0 Å². The van der Waals surface area contributed by atoms with Crippen molar-refractivity contribution in [2.75, 3.05) is 0 Å². The number of rotatable bonds is 5. The molecule has 0 saturated heterocycles. The summed E-state index contributed by atoms with van der Waals surface area (Å²) in [5, 5.41) is 0.0672. The van der Waals surface area contributed by atoms with E-state index in [-0.39, 0.29) is 22.0 Å². The molecular weight excluding hydrogens is 405 g/mol. The molecule has 2 rings (SSSR count). The molecule has 0 atom stereocenters. The molecule has 1 aliphatic rings. The fraction of sp³-hybridized carbons (Fsp3) is 0.700. The zero-order valence-electron chi connectivity index (χ0n) is 17.6. The molecule has 8 heteroatoms. The zero-order valence-corrected chi connectivity index (χ0v) is 19.5. The van der Waals surface area contributed by atoms with Gasteiger partial charge in [0.15, 0.2) is 18.2 Å². The Morgan fingerprint density at radius 2 is 1.57 bits per heavy atom. The van der Waals surface area contributed by atoms with E-state index in [2.05, 4.69) is 33.9 Å². The lowest BCUT2D eigenvalue weighted by atomic mass is 9.75. The maximum Gasteiger partial charge on any atom is 0.416 e. The molecule has 3 nitrogen and oxygen atoms in total. The molecule has 1 saturated carbocycles. The van der Waals surface area contributed by atoms with Gasteiger partial charge >= 0.3 is 6.18 Å². The highest BCUT2D eigenvalue weighted by Gasteiger charge is 2.51. The highest BCUT2D eigenvalue weighted by atomic mass is 32.2. The van der Waals surface area contributed by atoms with Crippen molar-refractivity contribution >= 4 is 18.2 Å². The van der Waals surface area contributed by atoms with E-state index in [0.717, 1.165) is 18.2 Å². The van der Waals surface area contributed by atoms with Crippen LogP contribution >= 0.6 is 0 Å². The lowest BCUT2D eigenvalue weighted by Crippen LogP contribution is -2.53. The van der Waals surface area contributed by atoms with Crippen LogP contribution in [-0.2, 0) is 20.4 Å². The number of sulfone groups is 1. The van der Waals surface area contributed by atoms with Gasteiger partial charge in [0.05, 0.1) is 15.2 Å². The van der Waals surface area contributed by atoms with Crippen molar-refractivity contribution in [1.29, 1.82) is 0 Å². The molecule has 0 aromatic heterocycles. The monoisotopic (exact) mass is 436 g/mol. The van der Waals surface area contributed by atoms with Gasteiger partial charge in [-0.25, -0.2) is 8.42 Å². The smallest absolute Gasteiger partial charge is 0.414 e. The van der Waals surface area contributed by atoms with Crippen LogP contribution in [0.1, 0.15) is 53.0 Å². The summed E-state index contributed by atoms with van der Waals surface area (Å²) in [5.74, 6) is -0.151. The minimum atomic E-state index is -4.58. The van der Waals surface area contributed by atoms with Crippen LogP contribution in [-0.4, -0.2) is 27.6 Å². The highest BCUT2D eigenvalue weighted by Crippen LogP contribution is 2.47. The average Bonchev–Trinajstić information content (AvgIpc) is 2.48. The van der Waals surface area contributed by atoms with Crippen molar-refractivity contribution in [3.8, 4) is 0 Å². The first-order valence-corrected chi connectivity index (χ1v) is 13.9. The predicted octanol–water partition coefficient (Wildman–Crippen LogP) is 6.06. The van der Waals surface area contributed by atoms with Crippen LogP contribution in [0.2, 0.25) is 18.1 Å². The van der Waals surface area contributed by atoms with Gasteiger partial charge in [0.1, 0.15) is 0 Å². The van der Waals surface area contributed by atoms with Gasteiger partial charge < -0.3 is 4.43 Å². The van der Waals surface area contributed by atoms with E-state index < -0.39 is 34.6 Å². The van der Waals surface area contributed by atoms with Crippen molar-refractivity contribution in [1.82, 2.24) is 0 Å². The van der Waals surface area contributed by atoms with Gasteiger partial charge in [-0.05, 0) is 68.9 Å². The second-order valence-corrected chi connectivity index (χ2v) is 17.1. The van der Waals surface area contributed by atoms with Gasteiger partial charge in [0.25, 0.3) is 0 Å². The van der Waals surface area contributed by atoms with Crippen LogP contribution in [0.4, 0.5) is 13.2 Å². The van der Waals surface area contributed by atoms with Crippen molar-refractivity contribution in [3.05, 3.63) is 29.8 Å². The molecule has 0 aliphatic heterocycles. The Bertz CT molecular complexity index is 818. The van der Waals surface area contributed by atoms with Gasteiger partial charge in [0, 0.05) is 6.10 Å². The van der Waals surface area contributed by atoms with Crippen molar-refractivity contribution < 1.29 is 26.0 Å². The normalized spacial score (nSPS) is 22.1. The Balaban J connectivity index is 2.18. The number of halogens is 3. The lowest BCUT2D eigenvalue weighted by Gasteiger charge is -2.49. The van der Waals surface area contributed by atoms with Gasteiger partial charge in [-0.3, -0.25) is 0 Å². The minimum Gasteiger partial charge on any atom is -0.414 e. The lowest BCUT2D eigenvalue weighted by molar-refractivity contribution is -0.137. The molecule has 0 heterocycles. The quantitative estimate of drug-likeness (QED) is 0.527. The molecule has 1 aliphatic carbocycles. The van der Waals surface area contributed by atoms with Crippen LogP contribution < -0.4 is 0 Å². The largest absolute Gasteiger partial charge is 0.416 e. The maximum absolute atomic E-state index is 13.1. The van der Waals surface area contributed by atoms with Crippen LogP contribution in [0.25, 0.3) is 0 Å². The molecule has 0 spiro atoms. The Morgan fingerprint density at radius 3 is 2.04 bits per heavy atom. The molecule has 0 N–H and O–H groups in total. The fourth-order valence-corrected chi connectivity index (χ4v) is 6.34. The summed E-state index contributed by atoms with van der Waals surface area (Å²) in [6, 6.07) is 4.02. The first kappa shape index (κ1) is 23.4. The topological polar surface area (TPSA) is 43.4 Å². The third-order valence-corrected chi connectivity index (χ3v) is 13.6. The van der Waals surface area contributed by atoms with Crippen molar-refractivity contribution in [3.63, 3.8) is 0 Å². The van der Waals surface area contributed by atoms with Crippen LogP contribution in [0.3, 0.4) is 0 Å². The first-order valence-electron chi connectivity index (χ1n) is 9.49. The summed E-state index contributed by atoms with van der Waals surface area (Å²) in [7, 11) is -5.86. The molecule has 160 valence electrons. The third-order valence-electron chi connectivity index (χ3n) is 6.51. The fourth-order valence-electron chi connectivity index (χ4n) is 3.19. The molecule has 1 aromatic rings. The highest BCUT2D eigenvalue weighted by molar-refractivity contribution is 7.92. The molecule has 1 aromatic carbocycles. The molecular formula is C20H31F3O3SSi. The van der Waals surface area contributed by atoms with E-state index in [9.17, 15) is 21.6 Å². The third kappa shape index (κ3) is 4.33. The molecule has 0 radical (unpaired) electrons. The van der Waals surface area contributed by atoms with Crippen molar-refractivity contribution in [2.24, 2.45) is 5.92 Å². The number of hydrogen-bond acceptors (Lipinski definition) is 3. The molecule has 0 amide bonds. The van der Waals surface area contributed by atoms with E-state index >= 15 is 0 Å². The number of benzene rings is 1. The summed E-state index contributed by atoms with van der Waals surface area (Å²) in [6.45, 7) is 14.0. The Kier molecular flexibility index (Phi) is 5.96. The van der Waals surface area contributed by atoms with Gasteiger partial charge in [-0.1, -0.05) is 26.8 Å². The maximum atomic E-state index is 13.1. The molecule has 1 fully saturated rings. The second kappa shape index (κ2) is 7.13. The Labute approximate surface area is 167 Å². The van der Waals surface area contributed by atoms with E-state index in [1.807, 2.05) is 0 Å². The summed E-state index contributed by atoms with van der Waals surface area (Å²) < 4.78 is 70.4. The van der Waals surface area contributed by atoms with Crippen LogP contribution in [0.15, 0.2) is 29.2 Å². The summed E-state index contributed by atoms with van der Waals surface area (Å²) in [4.78, 5) is -0.277. The van der Waals surface area contributed by atoms with E-state index in [1.165, 1.54) is 6.07 Å². The molecule has 0 unspecified atom stereocenters. The van der Waals surface area contributed by atoms with E-state index in [0.29, 0.717) is 12.8 Å². The standard InChI is InChI=1S/C20H31F3O3SSi/c1-18(2,3)28(6,7)26-16-11-15(12-16)19(4,5)27(24,25)17-10-8-9-14(13-17)20(21,22)23/h8-10,13,15-16H,11-12H2,1-7H3.